The first kappa shape index (κ1) is 26.0. The first-order chi connectivity index (χ1) is 17.5. The zero-order valence-corrected chi connectivity index (χ0v) is 22.1. The van der Waals surface area contributed by atoms with Gasteiger partial charge in [0.25, 0.3) is 0 Å². The molecule has 4 rings (SSSR count). The molecular formula is C29H33NO5S. The van der Waals surface area contributed by atoms with Crippen LogP contribution < -0.4 is 9.47 Å². The van der Waals surface area contributed by atoms with Gasteiger partial charge in [0.15, 0.2) is 17.3 Å². The topological polar surface area (TPSA) is 74.2 Å². The lowest BCUT2D eigenvalue weighted by Gasteiger charge is -2.37. The predicted molar refractivity (Wildman–Crippen MR) is 143 cm³/mol. The van der Waals surface area contributed by atoms with E-state index in [-0.39, 0.29) is 17.7 Å². The third-order valence-electron chi connectivity index (χ3n) is 6.86. The minimum atomic E-state index is -0.714. The number of nitrogens with zero attached hydrogens (tertiary/aromatic N) is 1. The summed E-state index contributed by atoms with van der Waals surface area (Å²) in [6.45, 7) is 4.24. The Morgan fingerprint density at radius 3 is 2.53 bits per heavy atom. The molecule has 1 aliphatic heterocycles. The smallest absolute Gasteiger partial charge is 0.315 e. The van der Waals surface area contributed by atoms with Crippen LogP contribution in [0, 0.1) is 5.92 Å². The number of Topliss-reactive ketones (excluding diaryl/α,β-unsaturated/α-hetero) is 1. The molecule has 2 aromatic carbocycles. The fraction of sp³-hybridized carbons (Fsp3) is 0.414. The summed E-state index contributed by atoms with van der Waals surface area (Å²) in [6, 6.07) is 15.6. The third-order valence-corrected chi connectivity index (χ3v) is 7.72. The quantitative estimate of drug-likeness (QED) is 0.326. The molecule has 0 fully saturated rings. The molecule has 2 aliphatic rings. The van der Waals surface area contributed by atoms with Crippen molar-refractivity contribution in [3.8, 4) is 11.5 Å². The van der Waals surface area contributed by atoms with E-state index in [0.717, 1.165) is 28.3 Å². The van der Waals surface area contributed by atoms with E-state index in [1.807, 2.05) is 43.3 Å². The van der Waals surface area contributed by atoms with Gasteiger partial charge in [0.2, 0.25) is 0 Å². The van der Waals surface area contributed by atoms with Crippen molar-refractivity contribution in [2.75, 3.05) is 32.3 Å². The van der Waals surface area contributed by atoms with Crippen LogP contribution in [0.2, 0.25) is 0 Å². The minimum absolute atomic E-state index is 0.00978. The zero-order valence-electron chi connectivity index (χ0n) is 21.3. The van der Waals surface area contributed by atoms with Gasteiger partial charge in [-0.2, -0.15) is 11.8 Å². The highest BCUT2D eigenvalue weighted by Gasteiger charge is 2.46. The molecule has 7 heteroatoms. The monoisotopic (exact) mass is 507 g/mol. The van der Waals surface area contributed by atoms with Gasteiger partial charge in [-0.25, -0.2) is 0 Å². The number of ketones is 1. The molecule has 0 N–H and O–H groups in total. The molecule has 0 bridgehead atoms. The van der Waals surface area contributed by atoms with Crippen LogP contribution >= 0.6 is 11.8 Å². The van der Waals surface area contributed by atoms with Crippen LogP contribution in [0.15, 0.2) is 64.8 Å². The van der Waals surface area contributed by atoms with Crippen molar-refractivity contribution in [2.24, 2.45) is 10.9 Å². The maximum absolute atomic E-state index is 13.8. The number of hydrogen-bond donors (Lipinski definition) is 0. The van der Waals surface area contributed by atoms with Crippen LogP contribution in [0.3, 0.4) is 0 Å². The summed E-state index contributed by atoms with van der Waals surface area (Å²) in [5.41, 5.74) is 3.84. The molecule has 3 atom stereocenters. The Bertz CT molecular complexity index is 1170. The fourth-order valence-corrected chi connectivity index (χ4v) is 5.74. The summed E-state index contributed by atoms with van der Waals surface area (Å²) in [7, 11) is 3.15. The van der Waals surface area contributed by atoms with E-state index in [4.69, 9.17) is 19.2 Å². The molecule has 0 aromatic heterocycles. The lowest BCUT2D eigenvalue weighted by molar-refractivity contribution is -0.145. The number of hydrogen-bond acceptors (Lipinski definition) is 7. The Labute approximate surface area is 217 Å². The van der Waals surface area contributed by atoms with Gasteiger partial charge in [-0.15, -0.1) is 0 Å². The Morgan fingerprint density at radius 2 is 1.83 bits per heavy atom. The van der Waals surface area contributed by atoms with Crippen LogP contribution in [-0.4, -0.2) is 49.8 Å². The lowest BCUT2D eigenvalue weighted by Crippen LogP contribution is -2.38. The van der Waals surface area contributed by atoms with Gasteiger partial charge in [0.1, 0.15) is 12.5 Å². The van der Waals surface area contributed by atoms with Gasteiger partial charge in [-0.05, 0) is 36.6 Å². The van der Waals surface area contributed by atoms with Gasteiger partial charge >= 0.3 is 5.97 Å². The minimum Gasteiger partial charge on any atom is -0.493 e. The second kappa shape index (κ2) is 11.8. The van der Waals surface area contributed by atoms with E-state index in [0.29, 0.717) is 42.2 Å². The number of esters is 1. The predicted octanol–water partition coefficient (Wildman–Crippen LogP) is 5.58. The standard InChI is InChI=1S/C29H33NO5S/c1-5-36-15-14-35-29(32)25-18(2)30-22-16-20(19-10-7-6-8-11-19)17-23(31)27(22)26(25)21-12-9-13-24(33-3)28(21)34-4/h6-13,20,25-26H,5,14-17H2,1-4H3/t20-,25?,26+/m0/s1. The number of para-hydroxylation sites is 1. The second-order valence-corrected chi connectivity index (χ2v) is 10.3. The van der Waals surface area contributed by atoms with Crippen LogP contribution in [0.1, 0.15) is 49.7 Å². The first-order valence-electron chi connectivity index (χ1n) is 12.3. The molecule has 0 saturated carbocycles. The van der Waals surface area contributed by atoms with Crippen molar-refractivity contribution in [1.29, 1.82) is 0 Å². The summed E-state index contributed by atoms with van der Waals surface area (Å²) in [5.74, 6) is 1.17. The molecule has 190 valence electrons. The maximum atomic E-state index is 13.8. The fourth-order valence-electron chi connectivity index (χ4n) is 5.25. The highest BCUT2D eigenvalue weighted by molar-refractivity contribution is 7.99. The molecule has 0 radical (unpaired) electrons. The van der Waals surface area contributed by atoms with Gasteiger partial charge < -0.3 is 14.2 Å². The summed E-state index contributed by atoms with van der Waals surface area (Å²) in [5, 5.41) is 0. The van der Waals surface area contributed by atoms with E-state index in [1.54, 1.807) is 26.0 Å². The zero-order chi connectivity index (χ0) is 25.7. The number of carbonyl (C=O) groups excluding carboxylic acids is 2. The molecule has 36 heavy (non-hydrogen) atoms. The number of thioether (sulfide) groups is 1. The highest BCUT2D eigenvalue weighted by Crippen LogP contribution is 2.50. The average Bonchev–Trinajstić information content (AvgIpc) is 2.90. The number of aliphatic imine (C=N–C) groups is 1. The lowest BCUT2D eigenvalue weighted by atomic mass is 9.69. The summed E-state index contributed by atoms with van der Waals surface area (Å²) in [6.07, 6.45) is 1.01. The molecule has 1 aliphatic carbocycles. The normalized spacial score (nSPS) is 21.5. The number of allylic oxidation sites excluding steroid dienone is 2. The van der Waals surface area contributed by atoms with E-state index >= 15 is 0 Å². The SMILES string of the molecule is CCSCCOC(=O)C1C(C)=NC2=C(C(=O)C[C@@H](c3ccccc3)C2)[C@@H]1c1cccc(OC)c1OC. The Kier molecular flexibility index (Phi) is 8.52. The van der Waals surface area contributed by atoms with Crippen molar-refractivity contribution in [3.63, 3.8) is 0 Å². The van der Waals surface area contributed by atoms with Gasteiger partial charge in [-0.1, -0.05) is 49.4 Å². The molecule has 6 nitrogen and oxygen atoms in total. The maximum Gasteiger partial charge on any atom is 0.315 e. The number of methoxy groups -OCH3 is 2. The van der Waals surface area contributed by atoms with Crippen LogP contribution in [-0.2, 0) is 14.3 Å². The Morgan fingerprint density at radius 1 is 1.06 bits per heavy atom. The Hall–Kier alpha value is -3.06. The van der Waals surface area contributed by atoms with Gasteiger partial charge in [-0.3, -0.25) is 14.6 Å². The van der Waals surface area contributed by atoms with E-state index in [1.165, 1.54) is 0 Å². The summed E-state index contributed by atoms with van der Waals surface area (Å²) in [4.78, 5) is 32.1. The van der Waals surface area contributed by atoms with E-state index in [9.17, 15) is 9.59 Å². The van der Waals surface area contributed by atoms with Crippen molar-refractivity contribution < 1.29 is 23.8 Å². The number of rotatable bonds is 9. The largest absolute Gasteiger partial charge is 0.493 e. The molecule has 0 spiro atoms. The second-order valence-electron chi connectivity index (χ2n) is 8.96. The number of ether oxygens (including phenoxy) is 3. The molecule has 2 aromatic rings. The molecule has 0 amide bonds. The van der Waals surface area contributed by atoms with Crippen LogP contribution in [0.25, 0.3) is 0 Å². The molecular weight excluding hydrogens is 474 g/mol. The van der Waals surface area contributed by atoms with Crippen LogP contribution in [0.5, 0.6) is 11.5 Å². The molecule has 1 unspecified atom stereocenters. The molecule has 1 heterocycles. The van der Waals surface area contributed by atoms with Crippen molar-refractivity contribution in [1.82, 2.24) is 0 Å². The highest BCUT2D eigenvalue weighted by atomic mass is 32.2. The summed E-state index contributed by atoms with van der Waals surface area (Å²) >= 11 is 1.72. The van der Waals surface area contributed by atoms with Gasteiger partial charge in [0, 0.05) is 40.6 Å². The average molecular weight is 508 g/mol. The van der Waals surface area contributed by atoms with Crippen molar-refractivity contribution >= 4 is 29.2 Å². The van der Waals surface area contributed by atoms with Crippen molar-refractivity contribution in [3.05, 3.63) is 70.9 Å². The Balaban J connectivity index is 1.79. The summed E-state index contributed by atoms with van der Waals surface area (Å²) < 4.78 is 17.0. The number of carbonyl (C=O) groups is 2. The van der Waals surface area contributed by atoms with E-state index in [2.05, 4.69) is 19.1 Å². The third kappa shape index (κ3) is 5.21. The van der Waals surface area contributed by atoms with Crippen LogP contribution in [0.4, 0.5) is 0 Å². The van der Waals surface area contributed by atoms with E-state index < -0.39 is 11.8 Å². The van der Waals surface area contributed by atoms with Crippen molar-refractivity contribution in [2.45, 2.75) is 38.5 Å². The number of benzene rings is 2. The van der Waals surface area contributed by atoms with Gasteiger partial charge in [0.05, 0.1) is 14.2 Å². The first-order valence-corrected chi connectivity index (χ1v) is 13.5. The molecule has 0 saturated heterocycles.